The van der Waals surface area contributed by atoms with Gasteiger partial charge in [0.15, 0.2) is 0 Å². The maximum absolute atomic E-state index is 12.9. The van der Waals surface area contributed by atoms with Crippen molar-refractivity contribution in [2.75, 3.05) is 26.2 Å². The average Bonchev–Trinajstić information content (AvgIpc) is 2.53. The zero-order valence-corrected chi connectivity index (χ0v) is 13.4. The van der Waals surface area contributed by atoms with Gasteiger partial charge in [0.1, 0.15) is 5.82 Å². The van der Waals surface area contributed by atoms with Gasteiger partial charge in [-0.15, -0.1) is 0 Å². The molecule has 1 aromatic carbocycles. The van der Waals surface area contributed by atoms with E-state index in [2.05, 4.69) is 30.1 Å². The van der Waals surface area contributed by atoms with Crippen molar-refractivity contribution in [2.24, 2.45) is 5.92 Å². The van der Waals surface area contributed by atoms with E-state index in [1.165, 1.54) is 36.3 Å². The predicted octanol–water partition coefficient (Wildman–Crippen LogP) is 3.23. The number of likely N-dealkylation sites (tertiary alicyclic amines) is 1. The first-order valence-corrected chi connectivity index (χ1v) is 7.96. The lowest BCUT2D eigenvalue weighted by molar-refractivity contribution is 0.0934. The van der Waals surface area contributed by atoms with E-state index in [4.69, 9.17) is 0 Å². The first kappa shape index (κ1) is 16.7. The highest BCUT2D eigenvalue weighted by molar-refractivity contribution is 5.94. The van der Waals surface area contributed by atoms with Gasteiger partial charge in [0.2, 0.25) is 0 Å². The van der Waals surface area contributed by atoms with Crippen LogP contribution in [0, 0.1) is 11.7 Å². The Bertz CT molecular complexity index is 524. The van der Waals surface area contributed by atoms with E-state index >= 15 is 0 Å². The highest BCUT2D eigenvalue weighted by Gasteiger charge is 2.20. The van der Waals surface area contributed by atoms with Gasteiger partial charge in [0.25, 0.3) is 5.91 Å². The summed E-state index contributed by atoms with van der Waals surface area (Å²) in [6.07, 6.45) is 4.48. The smallest absolute Gasteiger partial charge is 0.251 e. The molecule has 0 saturated carbocycles. The fourth-order valence-electron chi connectivity index (χ4n) is 2.85. The van der Waals surface area contributed by atoms with Crippen molar-refractivity contribution >= 4 is 5.91 Å². The standard InChI is InChI=1S/C18H25FN2O/c1-3-14(2)12-21-10-4-5-15(13-21)11-20-18(22)16-6-8-17(19)9-7-16/h3,6-9,15H,4-5,10-13H2,1-2H3,(H,20,22)/b14-3+/t15-/m1/s1. The minimum absolute atomic E-state index is 0.123. The number of carbonyl (C=O) groups excluding carboxylic acids is 1. The molecule has 3 nitrogen and oxygen atoms in total. The largest absolute Gasteiger partial charge is 0.352 e. The van der Waals surface area contributed by atoms with Crippen molar-refractivity contribution in [1.29, 1.82) is 0 Å². The molecule has 1 aliphatic rings. The molecule has 1 heterocycles. The normalized spacial score (nSPS) is 20.0. The second-order valence-corrected chi connectivity index (χ2v) is 6.10. The SMILES string of the molecule is C/C=C(\C)CN1CCC[C@H](CNC(=O)c2ccc(F)cc2)C1. The second kappa shape index (κ2) is 8.08. The summed E-state index contributed by atoms with van der Waals surface area (Å²) in [5, 5.41) is 2.97. The molecular formula is C18H25FN2O. The Labute approximate surface area is 132 Å². The molecule has 0 radical (unpaired) electrons. The first-order chi connectivity index (χ1) is 10.6. The molecule has 0 spiro atoms. The van der Waals surface area contributed by atoms with Crippen molar-refractivity contribution in [1.82, 2.24) is 10.2 Å². The number of nitrogens with zero attached hydrogens (tertiary/aromatic N) is 1. The summed E-state index contributed by atoms with van der Waals surface area (Å²) in [6.45, 7) is 8.07. The van der Waals surface area contributed by atoms with Crippen molar-refractivity contribution < 1.29 is 9.18 Å². The van der Waals surface area contributed by atoms with Crippen molar-refractivity contribution in [3.63, 3.8) is 0 Å². The molecule has 1 amide bonds. The van der Waals surface area contributed by atoms with Crippen LogP contribution in [0.1, 0.15) is 37.0 Å². The Balaban J connectivity index is 1.80. The number of nitrogens with one attached hydrogen (secondary N) is 1. The van der Waals surface area contributed by atoms with Gasteiger partial charge in [0.05, 0.1) is 0 Å². The molecule has 1 fully saturated rings. The van der Waals surface area contributed by atoms with Crippen molar-refractivity contribution in [3.05, 3.63) is 47.3 Å². The molecule has 0 aromatic heterocycles. The molecule has 1 aromatic rings. The van der Waals surface area contributed by atoms with Crippen LogP contribution in [0.15, 0.2) is 35.9 Å². The third-order valence-corrected chi connectivity index (χ3v) is 4.23. The van der Waals surface area contributed by atoms with Gasteiger partial charge >= 0.3 is 0 Å². The lowest BCUT2D eigenvalue weighted by Gasteiger charge is -2.33. The fourth-order valence-corrected chi connectivity index (χ4v) is 2.85. The highest BCUT2D eigenvalue weighted by atomic mass is 19.1. The van der Waals surface area contributed by atoms with E-state index in [9.17, 15) is 9.18 Å². The van der Waals surface area contributed by atoms with Crippen molar-refractivity contribution in [2.45, 2.75) is 26.7 Å². The van der Waals surface area contributed by atoms with E-state index in [0.29, 0.717) is 18.0 Å². The Morgan fingerprint density at radius 3 is 2.82 bits per heavy atom. The van der Waals surface area contributed by atoms with Gasteiger partial charge in [0, 0.05) is 25.2 Å². The van der Waals surface area contributed by atoms with E-state index in [1.54, 1.807) is 0 Å². The van der Waals surface area contributed by atoms with Crippen LogP contribution in [0.4, 0.5) is 4.39 Å². The van der Waals surface area contributed by atoms with Crippen LogP contribution in [0.2, 0.25) is 0 Å². The summed E-state index contributed by atoms with van der Waals surface area (Å²) < 4.78 is 12.9. The molecule has 4 heteroatoms. The quantitative estimate of drug-likeness (QED) is 0.847. The number of carbonyl (C=O) groups is 1. The molecule has 1 N–H and O–H groups in total. The number of hydrogen-bond donors (Lipinski definition) is 1. The van der Waals surface area contributed by atoms with Crippen LogP contribution in [-0.2, 0) is 0 Å². The number of rotatable bonds is 5. The minimum Gasteiger partial charge on any atom is -0.352 e. The predicted molar refractivity (Wildman–Crippen MR) is 87.3 cm³/mol. The first-order valence-electron chi connectivity index (χ1n) is 7.96. The summed E-state index contributed by atoms with van der Waals surface area (Å²) in [6, 6.07) is 5.68. The summed E-state index contributed by atoms with van der Waals surface area (Å²) in [4.78, 5) is 14.5. The van der Waals surface area contributed by atoms with Gasteiger partial charge in [-0.05, 0) is 63.4 Å². The third-order valence-electron chi connectivity index (χ3n) is 4.23. The number of benzene rings is 1. The lowest BCUT2D eigenvalue weighted by atomic mass is 9.97. The molecule has 1 aliphatic heterocycles. The zero-order valence-electron chi connectivity index (χ0n) is 13.4. The van der Waals surface area contributed by atoms with Gasteiger partial charge in [-0.2, -0.15) is 0 Å². The second-order valence-electron chi connectivity index (χ2n) is 6.10. The number of halogens is 1. The summed E-state index contributed by atoms with van der Waals surface area (Å²) in [7, 11) is 0. The maximum atomic E-state index is 12.9. The number of hydrogen-bond acceptors (Lipinski definition) is 2. The molecule has 0 aliphatic carbocycles. The number of allylic oxidation sites excluding steroid dienone is 1. The van der Waals surface area contributed by atoms with E-state index < -0.39 is 0 Å². The van der Waals surface area contributed by atoms with Crippen LogP contribution in [0.5, 0.6) is 0 Å². The van der Waals surface area contributed by atoms with Crippen LogP contribution >= 0.6 is 0 Å². The molecule has 120 valence electrons. The van der Waals surface area contributed by atoms with Crippen LogP contribution in [0.3, 0.4) is 0 Å². The topological polar surface area (TPSA) is 32.3 Å². The summed E-state index contributed by atoms with van der Waals surface area (Å²) in [5.74, 6) is 0.0448. The van der Waals surface area contributed by atoms with Gasteiger partial charge < -0.3 is 5.32 Å². The van der Waals surface area contributed by atoms with Crippen LogP contribution < -0.4 is 5.32 Å². The average molecular weight is 304 g/mol. The zero-order chi connectivity index (χ0) is 15.9. The Morgan fingerprint density at radius 1 is 1.41 bits per heavy atom. The number of amides is 1. The molecule has 1 saturated heterocycles. The van der Waals surface area contributed by atoms with Crippen LogP contribution in [-0.4, -0.2) is 37.0 Å². The van der Waals surface area contributed by atoms with Crippen LogP contribution in [0.25, 0.3) is 0 Å². The summed E-state index contributed by atoms with van der Waals surface area (Å²) in [5.41, 5.74) is 1.90. The number of piperidine rings is 1. The van der Waals surface area contributed by atoms with E-state index in [1.807, 2.05) is 0 Å². The van der Waals surface area contributed by atoms with Crippen molar-refractivity contribution in [3.8, 4) is 0 Å². The molecule has 2 rings (SSSR count). The highest BCUT2D eigenvalue weighted by Crippen LogP contribution is 2.17. The molecular weight excluding hydrogens is 279 g/mol. The Kier molecular flexibility index (Phi) is 6.13. The summed E-state index contributed by atoms with van der Waals surface area (Å²) >= 11 is 0. The molecule has 22 heavy (non-hydrogen) atoms. The Hall–Kier alpha value is -1.68. The molecule has 0 unspecified atom stereocenters. The van der Waals surface area contributed by atoms with Gasteiger partial charge in [-0.1, -0.05) is 11.6 Å². The van der Waals surface area contributed by atoms with E-state index in [0.717, 1.165) is 26.1 Å². The molecule has 0 bridgehead atoms. The van der Waals surface area contributed by atoms with Gasteiger partial charge in [-0.25, -0.2) is 4.39 Å². The maximum Gasteiger partial charge on any atom is 0.251 e. The molecule has 1 atom stereocenters. The lowest BCUT2D eigenvalue weighted by Crippen LogP contribution is -2.41. The third kappa shape index (κ3) is 4.95. The van der Waals surface area contributed by atoms with E-state index in [-0.39, 0.29) is 11.7 Å². The monoisotopic (exact) mass is 304 g/mol. The minimum atomic E-state index is -0.321. The Morgan fingerprint density at radius 2 is 2.14 bits per heavy atom. The fraction of sp³-hybridized carbons (Fsp3) is 0.500. The van der Waals surface area contributed by atoms with Gasteiger partial charge in [-0.3, -0.25) is 9.69 Å².